The van der Waals surface area contributed by atoms with Crippen molar-refractivity contribution in [2.75, 3.05) is 11.9 Å². The summed E-state index contributed by atoms with van der Waals surface area (Å²) in [6.45, 7) is 4.35. The molecule has 0 radical (unpaired) electrons. The fourth-order valence-corrected chi connectivity index (χ4v) is 1.52. The Labute approximate surface area is 92.8 Å². The normalized spacial score (nSPS) is 9.93. The fourth-order valence-electron chi connectivity index (χ4n) is 1.16. The van der Waals surface area contributed by atoms with E-state index in [1.807, 2.05) is 25.1 Å². The summed E-state index contributed by atoms with van der Waals surface area (Å²) in [6, 6.07) is 6.07. The highest BCUT2D eigenvalue weighted by Gasteiger charge is 1.99. The zero-order valence-electron chi connectivity index (χ0n) is 8.43. The number of rotatable bonds is 4. The number of ketones is 1. The molecular formula is C11H14BrNO. The fraction of sp³-hybridized carbons (Fsp3) is 0.364. The third-order valence-corrected chi connectivity index (χ3v) is 2.49. The van der Waals surface area contributed by atoms with Crippen molar-refractivity contribution in [2.45, 2.75) is 20.3 Å². The number of hydrogen-bond donors (Lipinski definition) is 1. The van der Waals surface area contributed by atoms with Gasteiger partial charge in [0.15, 0.2) is 0 Å². The molecule has 0 saturated heterocycles. The Morgan fingerprint density at radius 2 is 2.21 bits per heavy atom. The van der Waals surface area contributed by atoms with Crippen molar-refractivity contribution in [2.24, 2.45) is 0 Å². The van der Waals surface area contributed by atoms with Crippen LogP contribution in [-0.2, 0) is 4.79 Å². The number of Topliss-reactive ketones (excluding diaryl/α,β-unsaturated/α-hetero) is 1. The Bertz CT molecular complexity index is 336. The molecule has 0 aliphatic carbocycles. The van der Waals surface area contributed by atoms with Gasteiger partial charge in [-0.3, -0.25) is 4.79 Å². The van der Waals surface area contributed by atoms with Crippen LogP contribution in [0.4, 0.5) is 5.69 Å². The van der Waals surface area contributed by atoms with E-state index in [0.717, 1.165) is 10.2 Å². The third kappa shape index (κ3) is 3.50. The third-order valence-electron chi connectivity index (χ3n) is 1.99. The molecule has 1 aromatic rings. The first-order valence-electron chi connectivity index (χ1n) is 4.59. The Kier molecular flexibility index (Phi) is 4.14. The van der Waals surface area contributed by atoms with Gasteiger partial charge in [-0.15, -0.1) is 0 Å². The van der Waals surface area contributed by atoms with Gasteiger partial charge in [-0.2, -0.15) is 0 Å². The number of carbonyl (C=O) groups is 1. The van der Waals surface area contributed by atoms with Gasteiger partial charge in [-0.25, -0.2) is 0 Å². The van der Waals surface area contributed by atoms with E-state index in [-0.39, 0.29) is 5.78 Å². The predicted molar refractivity (Wildman–Crippen MR) is 62.7 cm³/mol. The summed E-state index contributed by atoms with van der Waals surface area (Å²) in [5, 5.41) is 3.23. The average molecular weight is 256 g/mol. The molecule has 0 aromatic heterocycles. The van der Waals surface area contributed by atoms with E-state index in [0.29, 0.717) is 13.0 Å². The van der Waals surface area contributed by atoms with Gasteiger partial charge in [0.05, 0.1) is 0 Å². The van der Waals surface area contributed by atoms with Crippen molar-refractivity contribution >= 4 is 27.4 Å². The van der Waals surface area contributed by atoms with Gasteiger partial charge in [-0.05, 0) is 31.5 Å². The maximum atomic E-state index is 10.7. The van der Waals surface area contributed by atoms with Crippen LogP contribution < -0.4 is 5.32 Å². The zero-order valence-corrected chi connectivity index (χ0v) is 10.0. The second-order valence-electron chi connectivity index (χ2n) is 3.34. The number of hydrogen-bond acceptors (Lipinski definition) is 2. The molecule has 0 heterocycles. The summed E-state index contributed by atoms with van der Waals surface area (Å²) in [5.41, 5.74) is 2.28. The molecule has 0 bridgehead atoms. The largest absolute Gasteiger partial charge is 0.384 e. The predicted octanol–water partition coefficient (Wildman–Crippen LogP) is 3.15. The molecule has 1 N–H and O–H groups in total. The summed E-state index contributed by atoms with van der Waals surface area (Å²) in [5.74, 6) is 0.213. The molecule has 0 fully saturated rings. The van der Waals surface area contributed by atoms with E-state index in [4.69, 9.17) is 0 Å². The summed E-state index contributed by atoms with van der Waals surface area (Å²) in [7, 11) is 0. The number of carbonyl (C=O) groups excluding carboxylic acids is 1. The minimum absolute atomic E-state index is 0.213. The van der Waals surface area contributed by atoms with Gasteiger partial charge in [0, 0.05) is 23.1 Å². The smallest absolute Gasteiger partial charge is 0.131 e. The standard InChI is InChI=1S/C11H14BrNO/c1-8-3-4-10(12)7-11(8)13-6-5-9(2)14/h3-4,7,13H,5-6H2,1-2H3. The van der Waals surface area contributed by atoms with Gasteiger partial charge in [0.1, 0.15) is 5.78 Å². The highest BCUT2D eigenvalue weighted by Crippen LogP contribution is 2.20. The lowest BCUT2D eigenvalue weighted by Gasteiger charge is -2.08. The molecule has 0 atom stereocenters. The topological polar surface area (TPSA) is 29.1 Å². The second-order valence-corrected chi connectivity index (χ2v) is 4.25. The number of aryl methyl sites for hydroxylation is 1. The minimum atomic E-state index is 0.213. The maximum absolute atomic E-state index is 10.7. The van der Waals surface area contributed by atoms with Crippen LogP contribution in [-0.4, -0.2) is 12.3 Å². The van der Waals surface area contributed by atoms with Crippen LogP contribution in [0.1, 0.15) is 18.9 Å². The van der Waals surface area contributed by atoms with E-state index in [9.17, 15) is 4.79 Å². The Morgan fingerprint density at radius 3 is 2.86 bits per heavy atom. The molecular weight excluding hydrogens is 242 g/mol. The molecule has 76 valence electrons. The van der Waals surface area contributed by atoms with E-state index in [1.54, 1.807) is 6.92 Å². The highest BCUT2D eigenvalue weighted by atomic mass is 79.9. The van der Waals surface area contributed by atoms with E-state index in [2.05, 4.69) is 21.2 Å². The van der Waals surface area contributed by atoms with Crippen molar-refractivity contribution in [3.05, 3.63) is 28.2 Å². The first-order valence-corrected chi connectivity index (χ1v) is 5.38. The van der Waals surface area contributed by atoms with Gasteiger partial charge < -0.3 is 5.32 Å². The number of anilines is 1. The molecule has 0 aliphatic heterocycles. The van der Waals surface area contributed by atoms with Crippen molar-refractivity contribution < 1.29 is 4.79 Å². The number of nitrogens with one attached hydrogen (secondary N) is 1. The summed E-state index contributed by atoms with van der Waals surface area (Å²) in [6.07, 6.45) is 0.575. The van der Waals surface area contributed by atoms with Crippen LogP contribution in [0.2, 0.25) is 0 Å². The van der Waals surface area contributed by atoms with Crippen LogP contribution in [0, 0.1) is 6.92 Å². The Hall–Kier alpha value is -0.830. The van der Waals surface area contributed by atoms with E-state index in [1.165, 1.54) is 5.56 Å². The molecule has 0 saturated carbocycles. The van der Waals surface area contributed by atoms with E-state index >= 15 is 0 Å². The molecule has 14 heavy (non-hydrogen) atoms. The quantitative estimate of drug-likeness (QED) is 0.896. The molecule has 1 rings (SSSR count). The number of halogens is 1. The SMILES string of the molecule is CC(=O)CCNc1cc(Br)ccc1C. The van der Waals surface area contributed by atoms with Crippen LogP contribution in [0.25, 0.3) is 0 Å². The molecule has 2 nitrogen and oxygen atoms in total. The molecule has 3 heteroatoms. The van der Waals surface area contributed by atoms with Gasteiger partial charge >= 0.3 is 0 Å². The molecule has 0 spiro atoms. The van der Waals surface area contributed by atoms with Crippen LogP contribution in [0.3, 0.4) is 0 Å². The first kappa shape index (κ1) is 11.2. The molecule has 0 unspecified atom stereocenters. The minimum Gasteiger partial charge on any atom is -0.384 e. The van der Waals surface area contributed by atoms with Crippen molar-refractivity contribution in [3.8, 4) is 0 Å². The lowest BCUT2D eigenvalue weighted by Crippen LogP contribution is -2.06. The second kappa shape index (κ2) is 5.15. The average Bonchev–Trinajstić information content (AvgIpc) is 2.10. The molecule has 1 aromatic carbocycles. The van der Waals surface area contributed by atoms with Crippen molar-refractivity contribution in [3.63, 3.8) is 0 Å². The van der Waals surface area contributed by atoms with Crippen LogP contribution in [0.5, 0.6) is 0 Å². The zero-order chi connectivity index (χ0) is 10.6. The Morgan fingerprint density at radius 1 is 1.50 bits per heavy atom. The summed E-state index contributed by atoms with van der Waals surface area (Å²) in [4.78, 5) is 10.7. The molecule has 0 amide bonds. The Balaban J connectivity index is 2.57. The van der Waals surface area contributed by atoms with Gasteiger partial charge in [-0.1, -0.05) is 22.0 Å². The van der Waals surface area contributed by atoms with Crippen molar-refractivity contribution in [1.29, 1.82) is 0 Å². The van der Waals surface area contributed by atoms with Gasteiger partial charge in [0.25, 0.3) is 0 Å². The first-order chi connectivity index (χ1) is 6.59. The highest BCUT2D eigenvalue weighted by molar-refractivity contribution is 9.10. The van der Waals surface area contributed by atoms with Crippen LogP contribution >= 0.6 is 15.9 Å². The summed E-state index contributed by atoms with van der Waals surface area (Å²) >= 11 is 3.41. The number of benzene rings is 1. The van der Waals surface area contributed by atoms with Crippen molar-refractivity contribution in [1.82, 2.24) is 0 Å². The maximum Gasteiger partial charge on any atom is 0.131 e. The van der Waals surface area contributed by atoms with Gasteiger partial charge in [0.2, 0.25) is 0 Å². The monoisotopic (exact) mass is 255 g/mol. The molecule has 0 aliphatic rings. The lowest BCUT2D eigenvalue weighted by atomic mass is 10.2. The van der Waals surface area contributed by atoms with Crippen LogP contribution in [0.15, 0.2) is 22.7 Å². The lowest BCUT2D eigenvalue weighted by molar-refractivity contribution is -0.116. The van der Waals surface area contributed by atoms with E-state index < -0.39 is 0 Å². The summed E-state index contributed by atoms with van der Waals surface area (Å²) < 4.78 is 1.05.